The van der Waals surface area contributed by atoms with E-state index in [0.29, 0.717) is 5.02 Å². The minimum atomic E-state index is 0.0592. The molecule has 0 fully saturated rings. The highest BCUT2D eigenvalue weighted by Gasteiger charge is 2.08. The van der Waals surface area contributed by atoms with Gasteiger partial charge in [0.05, 0.1) is 10.7 Å². The second-order valence-electron chi connectivity index (χ2n) is 4.09. The Labute approximate surface area is 120 Å². The zero-order valence-electron chi connectivity index (χ0n) is 9.82. The van der Waals surface area contributed by atoms with E-state index in [1.54, 1.807) is 12.1 Å². The number of nitrogens with one attached hydrogen (secondary N) is 1. The van der Waals surface area contributed by atoms with Crippen molar-refractivity contribution < 1.29 is 5.11 Å². The highest BCUT2D eigenvalue weighted by atomic mass is 79.9. The first kappa shape index (κ1) is 13.2. The largest absolute Gasteiger partial charge is 0.508 e. The van der Waals surface area contributed by atoms with Crippen LogP contribution in [0.4, 0.5) is 5.69 Å². The Morgan fingerprint density at radius 3 is 2.72 bits per heavy atom. The van der Waals surface area contributed by atoms with Gasteiger partial charge >= 0.3 is 0 Å². The Bertz CT molecular complexity index is 559. The molecule has 0 amide bonds. The van der Waals surface area contributed by atoms with Gasteiger partial charge in [0.25, 0.3) is 0 Å². The lowest BCUT2D eigenvalue weighted by Gasteiger charge is -2.17. The Morgan fingerprint density at radius 2 is 2.00 bits per heavy atom. The molecule has 0 spiro atoms. The van der Waals surface area contributed by atoms with E-state index in [9.17, 15) is 5.11 Å². The van der Waals surface area contributed by atoms with E-state index in [2.05, 4.69) is 21.2 Å². The molecule has 94 valence electrons. The van der Waals surface area contributed by atoms with E-state index in [-0.39, 0.29) is 11.8 Å². The third-order valence-electron chi connectivity index (χ3n) is 2.67. The van der Waals surface area contributed by atoms with E-state index in [1.165, 1.54) is 0 Å². The van der Waals surface area contributed by atoms with Gasteiger partial charge < -0.3 is 10.4 Å². The molecule has 18 heavy (non-hydrogen) atoms. The van der Waals surface area contributed by atoms with Crippen LogP contribution in [0.3, 0.4) is 0 Å². The van der Waals surface area contributed by atoms with Crippen molar-refractivity contribution in [1.82, 2.24) is 0 Å². The lowest BCUT2D eigenvalue weighted by Crippen LogP contribution is -2.06. The van der Waals surface area contributed by atoms with Crippen LogP contribution >= 0.6 is 27.5 Å². The fourth-order valence-electron chi connectivity index (χ4n) is 1.72. The van der Waals surface area contributed by atoms with Gasteiger partial charge in [-0.15, -0.1) is 0 Å². The first-order valence-corrected chi connectivity index (χ1v) is 6.74. The smallest absolute Gasteiger partial charge is 0.115 e. The summed E-state index contributed by atoms with van der Waals surface area (Å²) in [6, 6.07) is 12.9. The zero-order valence-corrected chi connectivity index (χ0v) is 12.2. The molecule has 0 aliphatic rings. The maximum Gasteiger partial charge on any atom is 0.115 e. The van der Waals surface area contributed by atoms with Crippen LogP contribution in [0, 0.1) is 0 Å². The second-order valence-corrected chi connectivity index (χ2v) is 5.41. The molecule has 0 heterocycles. The maximum absolute atomic E-state index is 9.47. The van der Waals surface area contributed by atoms with Crippen molar-refractivity contribution in [3.05, 3.63) is 57.5 Å². The summed E-state index contributed by atoms with van der Waals surface area (Å²) in [5, 5.41) is 13.5. The summed E-state index contributed by atoms with van der Waals surface area (Å²) >= 11 is 9.54. The molecule has 0 radical (unpaired) electrons. The topological polar surface area (TPSA) is 32.3 Å². The van der Waals surface area contributed by atoms with Crippen molar-refractivity contribution in [1.29, 1.82) is 0 Å². The van der Waals surface area contributed by atoms with E-state index >= 15 is 0 Å². The van der Waals surface area contributed by atoms with Crippen molar-refractivity contribution in [2.75, 3.05) is 5.32 Å². The van der Waals surface area contributed by atoms with Crippen LogP contribution in [-0.2, 0) is 0 Å². The van der Waals surface area contributed by atoms with E-state index in [4.69, 9.17) is 11.6 Å². The van der Waals surface area contributed by atoms with E-state index in [0.717, 1.165) is 15.7 Å². The van der Waals surface area contributed by atoms with E-state index in [1.807, 2.05) is 37.3 Å². The van der Waals surface area contributed by atoms with Crippen molar-refractivity contribution in [2.45, 2.75) is 13.0 Å². The molecule has 1 atom stereocenters. The molecule has 2 nitrogen and oxygen atoms in total. The number of rotatable bonds is 3. The zero-order chi connectivity index (χ0) is 13.1. The lowest BCUT2D eigenvalue weighted by atomic mass is 10.1. The van der Waals surface area contributed by atoms with Crippen molar-refractivity contribution in [2.24, 2.45) is 0 Å². The minimum Gasteiger partial charge on any atom is -0.508 e. The fourth-order valence-corrected chi connectivity index (χ4v) is 2.25. The molecule has 0 aliphatic carbocycles. The second kappa shape index (κ2) is 5.63. The number of halogens is 2. The van der Waals surface area contributed by atoms with Crippen LogP contribution in [-0.4, -0.2) is 5.11 Å². The molecule has 2 rings (SSSR count). The lowest BCUT2D eigenvalue weighted by molar-refractivity contribution is 0.474. The number of phenols is 1. The maximum atomic E-state index is 9.47. The van der Waals surface area contributed by atoms with Crippen molar-refractivity contribution in [3.63, 3.8) is 0 Å². The van der Waals surface area contributed by atoms with Crippen LogP contribution < -0.4 is 5.32 Å². The molecule has 1 unspecified atom stereocenters. The molecule has 0 saturated heterocycles. The highest BCUT2D eigenvalue weighted by Crippen LogP contribution is 2.29. The first-order chi connectivity index (χ1) is 8.56. The van der Waals surface area contributed by atoms with Gasteiger partial charge in [-0.3, -0.25) is 0 Å². The van der Waals surface area contributed by atoms with E-state index < -0.39 is 0 Å². The average Bonchev–Trinajstić information content (AvgIpc) is 2.34. The van der Waals surface area contributed by atoms with Gasteiger partial charge in [-0.05, 0) is 42.8 Å². The number of hydrogen-bond acceptors (Lipinski definition) is 2. The third kappa shape index (κ3) is 3.18. The number of hydrogen-bond donors (Lipinski definition) is 2. The molecule has 0 bridgehead atoms. The number of benzene rings is 2. The minimum absolute atomic E-state index is 0.0592. The molecule has 4 heteroatoms. The molecular weight excluding hydrogens is 314 g/mol. The van der Waals surface area contributed by atoms with Gasteiger partial charge in [0.15, 0.2) is 0 Å². The van der Waals surface area contributed by atoms with Crippen LogP contribution in [0.5, 0.6) is 5.75 Å². The van der Waals surface area contributed by atoms with Crippen LogP contribution in [0.15, 0.2) is 46.9 Å². The predicted octanol–water partition coefficient (Wildman–Crippen LogP) is 4.98. The summed E-state index contributed by atoms with van der Waals surface area (Å²) in [7, 11) is 0. The Morgan fingerprint density at radius 1 is 1.22 bits per heavy atom. The number of aromatic hydroxyl groups is 1. The third-order valence-corrected chi connectivity index (χ3v) is 3.49. The summed E-state index contributed by atoms with van der Waals surface area (Å²) in [5.41, 5.74) is 1.87. The summed E-state index contributed by atoms with van der Waals surface area (Å²) in [5.74, 6) is 0.265. The highest BCUT2D eigenvalue weighted by molar-refractivity contribution is 9.10. The molecule has 2 aromatic carbocycles. The fraction of sp³-hybridized carbons (Fsp3) is 0.143. The van der Waals surface area contributed by atoms with Gasteiger partial charge in [-0.25, -0.2) is 0 Å². The standard InChI is InChI=1S/C14H13BrClNO/c1-9(10-3-2-4-12(18)7-10)17-14-8-11(15)5-6-13(14)16/h2-9,17-18H,1H3. The monoisotopic (exact) mass is 325 g/mol. The Kier molecular flexibility index (Phi) is 4.15. The quantitative estimate of drug-likeness (QED) is 0.833. The van der Waals surface area contributed by atoms with Crippen LogP contribution in [0.25, 0.3) is 0 Å². The normalized spacial score (nSPS) is 12.2. The average molecular weight is 327 g/mol. The SMILES string of the molecule is CC(Nc1cc(Br)ccc1Cl)c1cccc(O)c1. The van der Waals surface area contributed by atoms with Gasteiger partial charge in [0, 0.05) is 10.5 Å². The molecular formula is C14H13BrClNO. The predicted molar refractivity (Wildman–Crippen MR) is 79.3 cm³/mol. The Hall–Kier alpha value is -1.19. The summed E-state index contributed by atoms with van der Waals surface area (Å²) in [6.07, 6.45) is 0. The molecule has 0 saturated carbocycles. The van der Waals surface area contributed by atoms with Gasteiger partial charge in [-0.2, -0.15) is 0 Å². The molecule has 0 aliphatic heterocycles. The molecule has 2 aromatic rings. The van der Waals surface area contributed by atoms with Gasteiger partial charge in [0.1, 0.15) is 5.75 Å². The summed E-state index contributed by atoms with van der Waals surface area (Å²) in [4.78, 5) is 0. The number of phenolic OH excluding ortho intramolecular Hbond substituents is 1. The Balaban J connectivity index is 2.21. The molecule has 0 aromatic heterocycles. The van der Waals surface area contributed by atoms with Crippen LogP contribution in [0.2, 0.25) is 5.02 Å². The van der Waals surface area contributed by atoms with Crippen molar-refractivity contribution >= 4 is 33.2 Å². The van der Waals surface area contributed by atoms with Gasteiger partial charge in [-0.1, -0.05) is 39.7 Å². The van der Waals surface area contributed by atoms with Gasteiger partial charge in [0.2, 0.25) is 0 Å². The van der Waals surface area contributed by atoms with Crippen molar-refractivity contribution in [3.8, 4) is 5.75 Å². The molecule has 2 N–H and O–H groups in total. The summed E-state index contributed by atoms with van der Waals surface area (Å²) < 4.78 is 0.970. The van der Waals surface area contributed by atoms with Crippen LogP contribution in [0.1, 0.15) is 18.5 Å². The summed E-state index contributed by atoms with van der Waals surface area (Å²) in [6.45, 7) is 2.02. The first-order valence-electron chi connectivity index (χ1n) is 5.57. The number of anilines is 1.